The topological polar surface area (TPSA) is 8.17 Å². The Hall–Kier alpha value is -10.5. The summed E-state index contributed by atoms with van der Waals surface area (Å²) in [6.07, 6.45) is 4.64. The first-order valence-corrected chi connectivity index (χ1v) is 32.7. The maximum atomic E-state index is 2.42. The number of para-hydroxylation sites is 1. The van der Waals surface area contributed by atoms with Crippen LogP contribution in [0.1, 0.15) is 85.8 Å². The van der Waals surface area contributed by atoms with Gasteiger partial charge in [0.05, 0.1) is 11.0 Å². The van der Waals surface area contributed by atoms with Gasteiger partial charge in [0.2, 0.25) is 0 Å². The van der Waals surface area contributed by atoms with E-state index in [1.807, 2.05) is 0 Å². The Labute approximate surface area is 536 Å². The summed E-state index contributed by atoms with van der Waals surface area (Å²) in [5.41, 5.74) is 32.8. The normalized spacial score (nSPS) is 13.5. The van der Waals surface area contributed by atoms with Gasteiger partial charge in [0.1, 0.15) is 0 Å². The lowest BCUT2D eigenvalue weighted by molar-refractivity contribution is 0.544. The van der Waals surface area contributed by atoms with Gasteiger partial charge < -0.3 is 9.47 Å². The highest BCUT2D eigenvalue weighted by Crippen LogP contribution is 2.51. The van der Waals surface area contributed by atoms with Crippen LogP contribution in [0.5, 0.6) is 0 Å². The molecule has 0 amide bonds. The smallest absolute Gasteiger partial charge is 0.0541 e. The second kappa shape index (κ2) is 23.1. The van der Waals surface area contributed by atoms with Crippen LogP contribution in [0.25, 0.3) is 105 Å². The maximum Gasteiger partial charge on any atom is 0.0541 e. The lowest BCUT2D eigenvalue weighted by Crippen LogP contribution is -2.16. The molecule has 0 spiro atoms. The average Bonchev–Trinajstić information content (AvgIpc) is 1.61. The molecule has 14 aromatic rings. The van der Waals surface area contributed by atoms with Crippen molar-refractivity contribution in [3.8, 4) is 83.6 Å². The molecular formula is C89H72N2. The summed E-state index contributed by atoms with van der Waals surface area (Å²) in [5.74, 6) is 0.898. The summed E-state index contributed by atoms with van der Waals surface area (Å²) in [6, 6.07) is 113. The monoisotopic (exact) mass is 1170 g/mol. The summed E-state index contributed by atoms with van der Waals surface area (Å²) in [6.45, 7) is 9.46. The highest BCUT2D eigenvalue weighted by molar-refractivity contribution is 6.11. The van der Waals surface area contributed by atoms with Gasteiger partial charge in [0, 0.05) is 38.9 Å². The van der Waals surface area contributed by atoms with Crippen LogP contribution >= 0.6 is 0 Å². The van der Waals surface area contributed by atoms with E-state index in [0.29, 0.717) is 11.8 Å². The molecule has 16 rings (SSSR count). The van der Waals surface area contributed by atoms with E-state index in [1.165, 1.54) is 146 Å². The third-order valence-electron chi connectivity index (χ3n) is 20.3. The Morgan fingerprint density at radius 3 is 1.27 bits per heavy atom. The summed E-state index contributed by atoms with van der Waals surface area (Å²) in [7, 11) is 0. The molecule has 2 aliphatic carbocycles. The van der Waals surface area contributed by atoms with Crippen molar-refractivity contribution < 1.29 is 0 Å². The molecule has 0 aliphatic heterocycles. The van der Waals surface area contributed by atoms with E-state index in [4.69, 9.17) is 0 Å². The molecule has 0 saturated carbocycles. The first-order valence-electron chi connectivity index (χ1n) is 32.7. The number of benzene rings is 13. The Bertz CT molecular complexity index is 4980. The Morgan fingerprint density at radius 2 is 0.758 bits per heavy atom. The average molecular weight is 1170 g/mol. The first-order chi connectivity index (χ1) is 44.7. The van der Waals surface area contributed by atoms with Crippen molar-refractivity contribution in [3.63, 3.8) is 0 Å². The summed E-state index contributed by atoms with van der Waals surface area (Å²) >= 11 is 0. The van der Waals surface area contributed by atoms with Crippen LogP contribution in [0.2, 0.25) is 0 Å². The van der Waals surface area contributed by atoms with Crippen molar-refractivity contribution in [3.05, 3.63) is 337 Å². The molecule has 1 heterocycles. The van der Waals surface area contributed by atoms with Crippen LogP contribution in [-0.4, -0.2) is 4.57 Å². The van der Waals surface area contributed by atoms with E-state index in [1.54, 1.807) is 0 Å². The molecule has 91 heavy (non-hydrogen) atoms. The molecule has 0 saturated heterocycles. The molecular weight excluding hydrogens is 1100 g/mol. The van der Waals surface area contributed by atoms with Crippen molar-refractivity contribution in [1.82, 2.24) is 4.57 Å². The van der Waals surface area contributed by atoms with Gasteiger partial charge in [-0.25, -0.2) is 0 Å². The summed E-state index contributed by atoms with van der Waals surface area (Å²) in [5, 5.41) is 2.49. The predicted octanol–water partition coefficient (Wildman–Crippen LogP) is 24.3. The van der Waals surface area contributed by atoms with Crippen molar-refractivity contribution in [2.45, 2.75) is 70.6 Å². The van der Waals surface area contributed by atoms with Gasteiger partial charge in [-0.15, -0.1) is 0 Å². The Morgan fingerprint density at radius 1 is 0.352 bits per heavy atom. The maximum absolute atomic E-state index is 2.42. The van der Waals surface area contributed by atoms with Crippen molar-refractivity contribution in [2.75, 3.05) is 4.90 Å². The quantitative estimate of drug-likeness (QED) is 0.0993. The Balaban J connectivity index is 0.649. The fraction of sp³-hybridized carbons (Fsp3) is 0.124. The first kappa shape index (κ1) is 55.7. The van der Waals surface area contributed by atoms with Crippen molar-refractivity contribution in [1.29, 1.82) is 0 Å². The third kappa shape index (κ3) is 10.3. The van der Waals surface area contributed by atoms with Crippen LogP contribution in [-0.2, 0) is 18.3 Å². The molecule has 438 valence electrons. The summed E-state index contributed by atoms with van der Waals surface area (Å²) < 4.78 is 2.42. The number of aromatic nitrogens is 1. The zero-order chi connectivity index (χ0) is 61.2. The molecule has 2 heteroatoms. The minimum absolute atomic E-state index is 0.112. The number of hydrogen-bond donors (Lipinski definition) is 0. The van der Waals surface area contributed by atoms with Crippen LogP contribution in [0.4, 0.5) is 17.1 Å². The molecule has 0 N–H and O–H groups in total. The predicted molar refractivity (Wildman–Crippen MR) is 386 cm³/mol. The van der Waals surface area contributed by atoms with Gasteiger partial charge in [0.25, 0.3) is 0 Å². The van der Waals surface area contributed by atoms with Crippen LogP contribution in [0.15, 0.2) is 303 Å². The molecule has 2 atom stereocenters. The van der Waals surface area contributed by atoms with E-state index < -0.39 is 0 Å². The van der Waals surface area contributed by atoms with Gasteiger partial charge in [-0.3, -0.25) is 0 Å². The molecule has 1 aromatic heterocycles. The van der Waals surface area contributed by atoms with E-state index in [-0.39, 0.29) is 5.41 Å². The fourth-order valence-electron chi connectivity index (χ4n) is 14.9. The second-order valence-corrected chi connectivity index (χ2v) is 26.0. The fourth-order valence-corrected chi connectivity index (χ4v) is 14.9. The number of nitrogens with zero attached hydrogens (tertiary/aromatic N) is 2. The number of rotatable bonds is 15. The van der Waals surface area contributed by atoms with Gasteiger partial charge in [-0.05, 0) is 222 Å². The number of anilines is 3. The van der Waals surface area contributed by atoms with Gasteiger partial charge in [-0.2, -0.15) is 0 Å². The lowest BCUT2D eigenvalue weighted by Gasteiger charge is -2.28. The Kier molecular flexibility index (Phi) is 14.2. The SMILES string of the molecule is CCC(CC(C)c1ccc(-c2ccc3c(c2)c2cc(-c4ccc(-c5ccc(N(c6ccc(-c7ccccc7)cc6)c6ccc7c(c6)C(C)(C)c6ccccc6-7)cc5)cc4)ccc2n3-c2ccccc2)cc1)c1ccc(-c2ccc(-c3ccc4c(c3)CC4)cc2)cc1. The van der Waals surface area contributed by atoms with Crippen LogP contribution < -0.4 is 4.90 Å². The van der Waals surface area contributed by atoms with E-state index >= 15 is 0 Å². The standard InChI is InChI=1S/C89H72N2/c1-5-60(63-24-26-64(27-25-63)65-28-32-69(33-29-65)73-38-36-70-37-39-74(70)55-73)54-59(2)61-20-22-71(23-21-61)75-44-52-87-83(56-75)84-57-76(45-53-88(84)91(87)77-16-10-7-11-17-77)72-34-30-66(31-35-72)68-42-48-79(49-43-68)90(78-46-40-67(41-47-78)62-14-8-6-9-15-62)80-50-51-82-81-18-12-13-19-85(81)89(3,4)86(82)58-80/h6-36,38,40-53,55-60H,5,37,39,54H2,1-4H3. The molecule has 2 nitrogen and oxygen atoms in total. The molecule has 2 aliphatic rings. The minimum atomic E-state index is -0.112. The zero-order valence-electron chi connectivity index (χ0n) is 52.2. The van der Waals surface area contributed by atoms with E-state index in [2.05, 4.69) is 340 Å². The largest absolute Gasteiger partial charge is 0.310 e. The van der Waals surface area contributed by atoms with E-state index in [9.17, 15) is 0 Å². The van der Waals surface area contributed by atoms with Crippen molar-refractivity contribution >= 4 is 38.9 Å². The van der Waals surface area contributed by atoms with Gasteiger partial charge in [0.15, 0.2) is 0 Å². The number of hydrogen-bond acceptors (Lipinski definition) is 1. The zero-order valence-corrected chi connectivity index (χ0v) is 52.2. The third-order valence-corrected chi connectivity index (χ3v) is 20.3. The van der Waals surface area contributed by atoms with E-state index in [0.717, 1.165) is 35.6 Å². The molecule has 0 radical (unpaired) electrons. The number of fused-ring (bicyclic) bond motifs is 7. The summed E-state index contributed by atoms with van der Waals surface area (Å²) in [4.78, 5) is 2.41. The highest BCUT2D eigenvalue weighted by Gasteiger charge is 2.36. The second-order valence-electron chi connectivity index (χ2n) is 26.0. The van der Waals surface area contributed by atoms with Crippen molar-refractivity contribution in [2.24, 2.45) is 0 Å². The van der Waals surface area contributed by atoms with Crippen LogP contribution in [0.3, 0.4) is 0 Å². The molecule has 13 aromatic carbocycles. The van der Waals surface area contributed by atoms with Gasteiger partial charge in [-0.1, -0.05) is 258 Å². The molecule has 0 fully saturated rings. The van der Waals surface area contributed by atoms with Gasteiger partial charge >= 0.3 is 0 Å². The number of aryl methyl sites for hydroxylation is 2. The molecule has 0 bridgehead atoms. The lowest BCUT2D eigenvalue weighted by atomic mass is 9.82. The van der Waals surface area contributed by atoms with Crippen LogP contribution in [0, 0.1) is 0 Å². The molecule has 2 unspecified atom stereocenters. The highest BCUT2D eigenvalue weighted by atomic mass is 15.1. The minimum Gasteiger partial charge on any atom is -0.310 e.